The van der Waals surface area contributed by atoms with Crippen molar-refractivity contribution in [2.45, 2.75) is 0 Å². The first-order valence-corrected chi connectivity index (χ1v) is 13.9. The molecule has 5 aromatic heterocycles. The lowest BCUT2D eigenvalue weighted by Gasteiger charge is -2.09. The molecule has 0 spiro atoms. The summed E-state index contributed by atoms with van der Waals surface area (Å²) in [6.07, 6.45) is 9.22. The van der Waals surface area contributed by atoms with Crippen molar-refractivity contribution in [2.75, 3.05) is 0 Å². The molecule has 3 aromatic carbocycles. The number of pyridine rings is 3. The second kappa shape index (κ2) is 10.4. The molecule has 8 rings (SSSR count). The minimum absolute atomic E-state index is 0.518. The summed E-state index contributed by atoms with van der Waals surface area (Å²) < 4.78 is 1.88. The summed E-state index contributed by atoms with van der Waals surface area (Å²) in [6.45, 7) is 0. The van der Waals surface area contributed by atoms with E-state index in [1.54, 1.807) is 24.8 Å². The summed E-state index contributed by atoms with van der Waals surface area (Å²) in [4.78, 5) is 23.0. The summed E-state index contributed by atoms with van der Waals surface area (Å²) in [5.74, 6) is 1.69. The van der Waals surface area contributed by atoms with Gasteiger partial charge in [-0.3, -0.25) is 9.97 Å². The van der Waals surface area contributed by atoms with Crippen molar-refractivity contribution >= 4 is 16.3 Å². The van der Waals surface area contributed by atoms with E-state index in [0.717, 1.165) is 49.7 Å². The number of rotatable bonds is 5. The standard InChI is InChI=1S/C36H23N7/c1-2-4-31-23-43-32(21-30(31)3-1)22-33(42-43)36-40-34(28-9-5-24(6-10-28)26-13-17-37-18-14-26)39-35(41-36)29-11-7-25(8-12-29)27-15-19-38-20-16-27/h1-23H. The zero-order valence-corrected chi connectivity index (χ0v) is 22.9. The van der Waals surface area contributed by atoms with Crippen LogP contribution in [-0.4, -0.2) is 34.5 Å². The quantitative estimate of drug-likeness (QED) is 0.216. The smallest absolute Gasteiger partial charge is 0.184 e. The molecule has 0 bridgehead atoms. The zero-order valence-electron chi connectivity index (χ0n) is 22.9. The monoisotopic (exact) mass is 553 g/mol. The summed E-state index contributed by atoms with van der Waals surface area (Å²) in [6, 6.07) is 36.9. The number of nitrogens with zero attached hydrogens (tertiary/aromatic N) is 7. The van der Waals surface area contributed by atoms with Gasteiger partial charge < -0.3 is 0 Å². The fourth-order valence-electron chi connectivity index (χ4n) is 5.24. The number of fused-ring (bicyclic) bond motifs is 2. The molecule has 0 saturated heterocycles. The molecular formula is C36H23N7. The molecule has 0 aliphatic rings. The van der Waals surface area contributed by atoms with Crippen molar-refractivity contribution in [2.24, 2.45) is 0 Å². The van der Waals surface area contributed by atoms with Crippen molar-refractivity contribution in [3.8, 4) is 56.5 Å². The Bertz CT molecular complexity index is 2050. The van der Waals surface area contributed by atoms with Gasteiger partial charge in [-0.15, -0.1) is 0 Å². The van der Waals surface area contributed by atoms with E-state index in [1.165, 1.54) is 0 Å². The van der Waals surface area contributed by atoms with Gasteiger partial charge in [0.1, 0.15) is 5.69 Å². The van der Waals surface area contributed by atoms with Crippen LogP contribution in [0.5, 0.6) is 0 Å². The van der Waals surface area contributed by atoms with Crippen LogP contribution in [0.2, 0.25) is 0 Å². The van der Waals surface area contributed by atoms with Crippen molar-refractivity contribution in [3.63, 3.8) is 0 Å². The first kappa shape index (κ1) is 24.7. The Labute approximate surface area is 247 Å². The molecule has 0 atom stereocenters. The summed E-state index contributed by atoms with van der Waals surface area (Å²) >= 11 is 0. The first-order valence-electron chi connectivity index (χ1n) is 13.9. The molecule has 0 radical (unpaired) electrons. The van der Waals surface area contributed by atoms with Crippen molar-refractivity contribution < 1.29 is 0 Å². The molecule has 0 N–H and O–H groups in total. The Balaban J connectivity index is 1.24. The maximum atomic E-state index is 4.93. The van der Waals surface area contributed by atoms with E-state index < -0.39 is 0 Å². The largest absolute Gasteiger partial charge is 0.265 e. The van der Waals surface area contributed by atoms with Crippen LogP contribution in [0.4, 0.5) is 0 Å². The molecular weight excluding hydrogens is 530 g/mol. The van der Waals surface area contributed by atoms with E-state index in [4.69, 9.17) is 20.1 Å². The van der Waals surface area contributed by atoms with Gasteiger partial charge in [0.15, 0.2) is 17.5 Å². The summed E-state index contributed by atoms with van der Waals surface area (Å²) in [5, 5.41) is 7.13. The van der Waals surface area contributed by atoms with E-state index in [-0.39, 0.29) is 0 Å². The van der Waals surface area contributed by atoms with Crippen LogP contribution in [0, 0.1) is 0 Å². The van der Waals surface area contributed by atoms with Gasteiger partial charge in [0, 0.05) is 47.5 Å². The van der Waals surface area contributed by atoms with Crippen LogP contribution in [0.25, 0.3) is 72.8 Å². The number of hydrogen-bond acceptors (Lipinski definition) is 6. The van der Waals surface area contributed by atoms with E-state index in [2.05, 4.69) is 52.4 Å². The molecule has 0 unspecified atom stereocenters. The summed E-state index contributed by atoms with van der Waals surface area (Å²) in [5.41, 5.74) is 7.84. The van der Waals surface area contributed by atoms with Gasteiger partial charge in [0.25, 0.3) is 0 Å². The number of hydrogen-bond donors (Lipinski definition) is 0. The maximum absolute atomic E-state index is 4.93. The van der Waals surface area contributed by atoms with Crippen molar-refractivity contribution in [1.82, 2.24) is 34.5 Å². The minimum atomic E-state index is 0.518. The fraction of sp³-hybridized carbons (Fsp3) is 0. The third-order valence-corrected chi connectivity index (χ3v) is 7.50. The third kappa shape index (κ3) is 4.79. The van der Waals surface area contributed by atoms with E-state index in [9.17, 15) is 0 Å². The highest BCUT2D eigenvalue weighted by Gasteiger charge is 2.15. The second-order valence-corrected chi connectivity index (χ2v) is 10.2. The molecule has 5 heterocycles. The molecule has 0 aliphatic heterocycles. The van der Waals surface area contributed by atoms with Crippen molar-refractivity contribution in [3.05, 3.63) is 140 Å². The van der Waals surface area contributed by atoms with Crippen LogP contribution in [0.15, 0.2) is 140 Å². The molecule has 7 nitrogen and oxygen atoms in total. The molecule has 0 fully saturated rings. The maximum Gasteiger partial charge on any atom is 0.184 e. The Morgan fingerprint density at radius 1 is 0.419 bits per heavy atom. The predicted molar refractivity (Wildman–Crippen MR) is 169 cm³/mol. The van der Waals surface area contributed by atoms with Crippen LogP contribution < -0.4 is 0 Å². The van der Waals surface area contributed by atoms with E-state index in [0.29, 0.717) is 23.2 Å². The SMILES string of the molecule is c1ccc2cn3nc(-c4nc(-c5ccc(-c6ccncc6)cc5)nc(-c5ccc(-c6ccncc6)cc5)n4)cc3cc2c1. The highest BCUT2D eigenvalue weighted by molar-refractivity contribution is 5.86. The lowest BCUT2D eigenvalue weighted by Crippen LogP contribution is -2.00. The highest BCUT2D eigenvalue weighted by atomic mass is 15.2. The Morgan fingerprint density at radius 3 is 1.44 bits per heavy atom. The lowest BCUT2D eigenvalue weighted by atomic mass is 10.0. The average molecular weight is 554 g/mol. The number of aromatic nitrogens is 7. The zero-order chi connectivity index (χ0) is 28.6. The van der Waals surface area contributed by atoms with Gasteiger partial charge in [-0.25, -0.2) is 19.5 Å². The average Bonchev–Trinajstić information content (AvgIpc) is 3.51. The van der Waals surface area contributed by atoms with E-state index in [1.807, 2.05) is 77.4 Å². The van der Waals surface area contributed by atoms with Crippen LogP contribution in [-0.2, 0) is 0 Å². The van der Waals surface area contributed by atoms with Crippen LogP contribution in [0.1, 0.15) is 0 Å². The third-order valence-electron chi connectivity index (χ3n) is 7.50. The summed E-state index contributed by atoms with van der Waals surface area (Å²) in [7, 11) is 0. The van der Waals surface area contributed by atoms with Gasteiger partial charge in [-0.2, -0.15) is 5.10 Å². The van der Waals surface area contributed by atoms with Gasteiger partial charge in [-0.1, -0.05) is 72.8 Å². The fourth-order valence-corrected chi connectivity index (χ4v) is 5.24. The van der Waals surface area contributed by atoms with Gasteiger partial charge in [-0.05, 0) is 64.0 Å². The first-order chi connectivity index (χ1) is 21.3. The molecule has 7 heteroatoms. The van der Waals surface area contributed by atoms with Crippen LogP contribution >= 0.6 is 0 Å². The van der Waals surface area contributed by atoms with Gasteiger partial charge in [0.2, 0.25) is 0 Å². The van der Waals surface area contributed by atoms with Gasteiger partial charge in [0.05, 0.1) is 5.52 Å². The highest BCUT2D eigenvalue weighted by Crippen LogP contribution is 2.29. The van der Waals surface area contributed by atoms with Crippen LogP contribution in [0.3, 0.4) is 0 Å². The normalized spacial score (nSPS) is 11.3. The topological polar surface area (TPSA) is 81.8 Å². The molecule has 202 valence electrons. The molecule has 0 saturated carbocycles. The number of benzene rings is 3. The lowest BCUT2D eigenvalue weighted by molar-refractivity contribution is 0.957. The molecule has 43 heavy (non-hydrogen) atoms. The molecule has 0 amide bonds. The molecule has 8 aromatic rings. The predicted octanol–water partition coefficient (Wildman–Crippen LogP) is 7.80. The Morgan fingerprint density at radius 2 is 0.884 bits per heavy atom. The minimum Gasteiger partial charge on any atom is -0.265 e. The van der Waals surface area contributed by atoms with E-state index >= 15 is 0 Å². The Hall–Kier alpha value is -6.08. The van der Waals surface area contributed by atoms with Crippen molar-refractivity contribution in [1.29, 1.82) is 0 Å². The molecule has 0 aliphatic carbocycles. The van der Waals surface area contributed by atoms with Gasteiger partial charge >= 0.3 is 0 Å². The Kier molecular flexibility index (Phi) is 5.97. The second-order valence-electron chi connectivity index (χ2n) is 10.2.